The Kier molecular flexibility index (Phi) is 1.57. The van der Waals surface area contributed by atoms with Crippen molar-refractivity contribution < 1.29 is 13.2 Å². The second-order valence-electron chi connectivity index (χ2n) is 1.51. The minimum absolute atomic E-state index is 0.996. The molecule has 0 unspecified atom stereocenters. The Balaban J connectivity index is 2.97. The predicted octanol–water partition coefficient (Wildman–Crippen LogP) is 1.30. The van der Waals surface area contributed by atoms with Crippen LogP contribution in [0.5, 0.6) is 0 Å². The van der Waals surface area contributed by atoms with E-state index in [0.29, 0.717) is 0 Å². The van der Waals surface area contributed by atoms with E-state index in [1.165, 1.54) is 6.07 Å². The number of nitrogens with zero attached hydrogens (tertiary/aromatic N) is 2. The van der Waals surface area contributed by atoms with Gasteiger partial charge in [0.05, 0.1) is 6.20 Å². The fourth-order valence-electron chi connectivity index (χ4n) is 0.405. The van der Waals surface area contributed by atoms with Crippen LogP contribution in [0.2, 0.25) is 0 Å². The van der Waals surface area contributed by atoms with Crippen molar-refractivity contribution >= 4 is 0 Å². The van der Waals surface area contributed by atoms with Crippen LogP contribution in [0.3, 0.4) is 0 Å². The number of aromatic nitrogens is 2. The van der Waals surface area contributed by atoms with E-state index in [9.17, 15) is 13.2 Å². The summed E-state index contributed by atoms with van der Waals surface area (Å²) in [4.78, 5) is 5.87. The second-order valence-corrected chi connectivity index (χ2v) is 1.51. The Morgan fingerprint density at radius 1 is 1.40 bits per heavy atom. The minimum Gasteiger partial charge on any atom is -0.233 e. The summed E-state index contributed by atoms with van der Waals surface area (Å²) in [6.45, 7) is 0. The molecule has 0 saturated heterocycles. The van der Waals surface area contributed by atoms with Crippen molar-refractivity contribution in [1.29, 1.82) is 0 Å². The average Bonchev–Trinajstić information content (AvgIpc) is 1.88. The zero-order valence-corrected chi connectivity index (χ0v) is 4.68. The highest BCUT2D eigenvalue weighted by atomic mass is 19.4. The van der Waals surface area contributed by atoms with Gasteiger partial charge in [0.25, 0.3) is 0 Å². The molecule has 0 saturated carbocycles. The average molecular weight is 147 g/mol. The van der Waals surface area contributed by atoms with E-state index in [4.69, 9.17) is 0 Å². The lowest BCUT2D eigenvalue weighted by molar-refractivity contribution is -0.145. The van der Waals surface area contributed by atoms with Gasteiger partial charge in [-0.15, -0.1) is 0 Å². The van der Waals surface area contributed by atoms with Crippen LogP contribution in [0, 0.1) is 6.20 Å². The fraction of sp³-hybridized carbons (Fsp3) is 0.200. The van der Waals surface area contributed by atoms with Crippen LogP contribution in [0.4, 0.5) is 13.2 Å². The molecular formula is C5H2F3N2. The first-order valence-electron chi connectivity index (χ1n) is 2.37. The van der Waals surface area contributed by atoms with E-state index >= 15 is 0 Å². The monoisotopic (exact) mass is 147 g/mol. The van der Waals surface area contributed by atoms with Gasteiger partial charge in [-0.1, -0.05) is 0 Å². The molecule has 1 aromatic heterocycles. The number of alkyl halides is 3. The van der Waals surface area contributed by atoms with Crippen molar-refractivity contribution in [1.82, 2.24) is 9.97 Å². The Bertz CT molecular complexity index is 206. The van der Waals surface area contributed by atoms with E-state index in [2.05, 4.69) is 9.97 Å². The summed E-state index contributed by atoms with van der Waals surface area (Å²) in [5.41, 5.74) is 0. The molecule has 0 atom stereocenters. The maximum Gasteiger partial charge on any atom is 0.451 e. The molecule has 0 fully saturated rings. The Morgan fingerprint density at radius 2 is 2.10 bits per heavy atom. The lowest BCUT2D eigenvalue weighted by Gasteiger charge is -2.00. The fourth-order valence-corrected chi connectivity index (χ4v) is 0.405. The van der Waals surface area contributed by atoms with Gasteiger partial charge in [-0.05, 0) is 6.07 Å². The highest BCUT2D eigenvalue weighted by Crippen LogP contribution is 2.24. The zero-order valence-electron chi connectivity index (χ0n) is 4.68. The Morgan fingerprint density at radius 3 is 2.40 bits per heavy atom. The third kappa shape index (κ3) is 1.43. The van der Waals surface area contributed by atoms with Gasteiger partial charge < -0.3 is 0 Å². The number of hydrogen-bond donors (Lipinski definition) is 0. The molecule has 2 nitrogen and oxygen atoms in total. The largest absolute Gasteiger partial charge is 0.451 e. The van der Waals surface area contributed by atoms with E-state index in [1.54, 1.807) is 0 Å². The maximum absolute atomic E-state index is 11.6. The normalized spacial score (nSPS) is 11.5. The lowest BCUT2D eigenvalue weighted by Crippen LogP contribution is -2.09. The predicted molar refractivity (Wildman–Crippen MR) is 25.9 cm³/mol. The van der Waals surface area contributed by atoms with E-state index < -0.39 is 12.0 Å². The van der Waals surface area contributed by atoms with Crippen molar-refractivity contribution in [3.05, 3.63) is 24.3 Å². The SMILES string of the molecule is FC(F)(F)c1n[c]ccn1. The van der Waals surface area contributed by atoms with Gasteiger partial charge in [0.2, 0.25) is 5.82 Å². The third-order valence-electron chi connectivity index (χ3n) is 0.770. The molecule has 1 heterocycles. The quantitative estimate of drug-likeness (QED) is 0.552. The molecule has 0 amide bonds. The highest BCUT2D eigenvalue weighted by Gasteiger charge is 2.33. The molecule has 1 radical (unpaired) electrons. The van der Waals surface area contributed by atoms with Gasteiger partial charge in [0, 0.05) is 6.20 Å². The molecule has 0 N–H and O–H groups in total. The summed E-state index contributed by atoms with van der Waals surface area (Å²) in [7, 11) is 0. The molecule has 0 aromatic carbocycles. The van der Waals surface area contributed by atoms with E-state index in [1.807, 2.05) is 6.20 Å². The minimum atomic E-state index is -4.46. The summed E-state index contributed by atoms with van der Waals surface area (Å²) in [5, 5.41) is 0. The van der Waals surface area contributed by atoms with Gasteiger partial charge in [-0.25, -0.2) is 9.97 Å². The maximum atomic E-state index is 11.6. The lowest BCUT2D eigenvalue weighted by atomic mass is 10.5. The summed E-state index contributed by atoms with van der Waals surface area (Å²) >= 11 is 0. The molecule has 5 heteroatoms. The first kappa shape index (κ1) is 6.98. The van der Waals surface area contributed by atoms with E-state index in [0.717, 1.165) is 6.20 Å². The number of hydrogen-bond acceptors (Lipinski definition) is 2. The smallest absolute Gasteiger partial charge is 0.233 e. The van der Waals surface area contributed by atoms with Crippen LogP contribution in [0.1, 0.15) is 5.82 Å². The van der Waals surface area contributed by atoms with Gasteiger partial charge in [0.1, 0.15) is 0 Å². The van der Waals surface area contributed by atoms with Crippen LogP contribution in [0.25, 0.3) is 0 Å². The summed E-state index contributed by atoms with van der Waals surface area (Å²) in [6, 6.07) is 1.20. The first-order valence-corrected chi connectivity index (χ1v) is 2.37. The van der Waals surface area contributed by atoms with Gasteiger partial charge >= 0.3 is 6.18 Å². The highest BCUT2D eigenvalue weighted by molar-refractivity contribution is 4.91. The van der Waals surface area contributed by atoms with Gasteiger partial charge in [-0.3, -0.25) is 0 Å². The van der Waals surface area contributed by atoms with Crippen molar-refractivity contribution in [3.8, 4) is 0 Å². The summed E-state index contributed by atoms with van der Waals surface area (Å²) in [5.74, 6) is -1.16. The topological polar surface area (TPSA) is 25.8 Å². The van der Waals surface area contributed by atoms with Crippen LogP contribution >= 0.6 is 0 Å². The third-order valence-corrected chi connectivity index (χ3v) is 0.770. The Hall–Kier alpha value is -1.13. The molecule has 0 bridgehead atoms. The van der Waals surface area contributed by atoms with Crippen molar-refractivity contribution in [2.45, 2.75) is 6.18 Å². The van der Waals surface area contributed by atoms with Gasteiger partial charge in [0.15, 0.2) is 0 Å². The molecule has 0 aliphatic rings. The number of rotatable bonds is 0. The molecule has 53 valence electrons. The molecular weight excluding hydrogens is 145 g/mol. The van der Waals surface area contributed by atoms with Crippen LogP contribution in [-0.2, 0) is 6.18 Å². The first-order chi connectivity index (χ1) is 4.61. The zero-order chi connectivity index (χ0) is 7.61. The van der Waals surface area contributed by atoms with Crippen molar-refractivity contribution in [3.63, 3.8) is 0 Å². The summed E-state index contributed by atoms with van der Waals surface area (Å²) < 4.78 is 34.9. The second kappa shape index (κ2) is 2.24. The molecule has 0 spiro atoms. The van der Waals surface area contributed by atoms with Gasteiger partial charge in [-0.2, -0.15) is 13.2 Å². The standard InChI is InChI=1S/C5H2F3N2/c6-5(7,8)4-9-2-1-3-10-4/h1-2H. The van der Waals surface area contributed by atoms with Crippen molar-refractivity contribution in [2.24, 2.45) is 0 Å². The molecule has 0 aliphatic heterocycles. The van der Waals surface area contributed by atoms with Crippen LogP contribution < -0.4 is 0 Å². The molecule has 1 aromatic rings. The van der Waals surface area contributed by atoms with Crippen LogP contribution in [-0.4, -0.2) is 9.97 Å². The molecule has 10 heavy (non-hydrogen) atoms. The van der Waals surface area contributed by atoms with Crippen molar-refractivity contribution in [2.75, 3.05) is 0 Å². The summed E-state index contributed by atoms with van der Waals surface area (Å²) in [6.07, 6.45) is -1.43. The van der Waals surface area contributed by atoms with Crippen LogP contribution in [0.15, 0.2) is 12.3 Å². The Labute approximate surface area is 54.7 Å². The number of halogens is 3. The molecule has 1 rings (SSSR count). The van der Waals surface area contributed by atoms with E-state index in [-0.39, 0.29) is 0 Å². The molecule has 0 aliphatic carbocycles.